The van der Waals surface area contributed by atoms with E-state index < -0.39 is 15.8 Å². The van der Waals surface area contributed by atoms with Crippen molar-refractivity contribution in [3.05, 3.63) is 41.2 Å². The molecule has 0 bridgehead atoms. The van der Waals surface area contributed by atoms with E-state index in [0.717, 1.165) is 30.1 Å². The molecule has 0 spiro atoms. The molecule has 1 aliphatic heterocycles. The van der Waals surface area contributed by atoms with Gasteiger partial charge in [0, 0.05) is 23.7 Å². The topological polar surface area (TPSA) is 62.3 Å². The minimum absolute atomic E-state index is 0.0188. The quantitative estimate of drug-likeness (QED) is 0.877. The second kappa shape index (κ2) is 7.16. The second-order valence-corrected chi connectivity index (χ2v) is 8.80. The Morgan fingerprint density at radius 2 is 2.08 bits per heavy atom. The molecule has 1 atom stereocenters. The third-order valence-corrected chi connectivity index (χ3v) is 6.58. The molecule has 0 saturated carbocycles. The summed E-state index contributed by atoms with van der Waals surface area (Å²) in [6.45, 7) is 4.07. The molecule has 1 saturated heterocycles. The van der Waals surface area contributed by atoms with E-state index in [0.29, 0.717) is 11.2 Å². The number of sulfonamides is 1. The zero-order valence-corrected chi connectivity index (χ0v) is 15.0. The number of likely N-dealkylation sites (tertiary alicyclic amines) is 1. The van der Waals surface area contributed by atoms with Gasteiger partial charge in [0.05, 0.1) is 4.90 Å². The minimum Gasteiger partial charge on any atom is -0.296 e. The fraction of sp³-hybridized carbons (Fsp3) is 0.438. The highest BCUT2D eigenvalue weighted by atomic mass is 32.2. The van der Waals surface area contributed by atoms with Crippen LogP contribution in [-0.2, 0) is 16.6 Å². The molecule has 1 fully saturated rings. The first kappa shape index (κ1) is 17.3. The molecule has 2 heterocycles. The summed E-state index contributed by atoms with van der Waals surface area (Å²) in [4.78, 5) is 7.61. The van der Waals surface area contributed by atoms with E-state index in [4.69, 9.17) is 0 Å². The summed E-state index contributed by atoms with van der Waals surface area (Å²) in [6, 6.07) is 5.27. The van der Waals surface area contributed by atoms with Crippen LogP contribution in [0, 0.1) is 5.82 Å². The van der Waals surface area contributed by atoms with Crippen molar-refractivity contribution >= 4 is 26.5 Å². The SMILES string of the molecule is CC1CCCCN1Cc1cnc(NS(=O)(=O)c2ccc(F)cc2)s1. The van der Waals surface area contributed by atoms with Crippen molar-refractivity contribution in [1.82, 2.24) is 9.88 Å². The maximum atomic E-state index is 12.9. The average molecular weight is 369 g/mol. The number of nitrogens with zero attached hydrogens (tertiary/aromatic N) is 2. The lowest BCUT2D eigenvalue weighted by atomic mass is 10.0. The highest BCUT2D eigenvalue weighted by molar-refractivity contribution is 7.93. The molecule has 5 nitrogen and oxygen atoms in total. The van der Waals surface area contributed by atoms with Gasteiger partial charge in [0.1, 0.15) is 5.82 Å². The van der Waals surface area contributed by atoms with E-state index >= 15 is 0 Å². The minimum atomic E-state index is -3.74. The molecule has 8 heteroatoms. The van der Waals surface area contributed by atoms with Crippen molar-refractivity contribution in [2.45, 2.75) is 43.7 Å². The normalized spacial score (nSPS) is 19.3. The van der Waals surface area contributed by atoms with E-state index in [1.165, 1.54) is 42.7 Å². The van der Waals surface area contributed by atoms with Gasteiger partial charge in [0.25, 0.3) is 10.0 Å². The van der Waals surface area contributed by atoms with Gasteiger partial charge in [-0.05, 0) is 50.6 Å². The van der Waals surface area contributed by atoms with Crippen molar-refractivity contribution < 1.29 is 12.8 Å². The zero-order valence-electron chi connectivity index (χ0n) is 13.4. The first-order valence-electron chi connectivity index (χ1n) is 7.91. The molecular weight excluding hydrogens is 349 g/mol. The Labute approximate surface area is 145 Å². The van der Waals surface area contributed by atoms with Gasteiger partial charge < -0.3 is 0 Å². The number of nitrogens with one attached hydrogen (secondary N) is 1. The van der Waals surface area contributed by atoms with Crippen LogP contribution >= 0.6 is 11.3 Å². The van der Waals surface area contributed by atoms with Crippen LogP contribution in [0.4, 0.5) is 9.52 Å². The molecule has 1 aliphatic rings. The summed E-state index contributed by atoms with van der Waals surface area (Å²) < 4.78 is 40.0. The van der Waals surface area contributed by atoms with Gasteiger partial charge in [-0.2, -0.15) is 0 Å². The molecule has 1 unspecified atom stereocenters. The van der Waals surface area contributed by atoms with Crippen LogP contribution in [-0.4, -0.2) is 30.9 Å². The number of aromatic nitrogens is 1. The third kappa shape index (κ3) is 4.12. The number of anilines is 1. The average Bonchev–Trinajstić information content (AvgIpc) is 2.96. The molecule has 1 N–H and O–H groups in total. The Bertz CT molecular complexity index is 790. The summed E-state index contributed by atoms with van der Waals surface area (Å²) >= 11 is 1.34. The Kier molecular flexibility index (Phi) is 5.17. The first-order chi connectivity index (χ1) is 11.4. The van der Waals surface area contributed by atoms with E-state index in [1.807, 2.05) is 0 Å². The van der Waals surface area contributed by atoms with Crippen molar-refractivity contribution in [2.75, 3.05) is 11.3 Å². The number of halogens is 1. The smallest absolute Gasteiger partial charge is 0.263 e. The number of benzene rings is 1. The molecule has 0 radical (unpaired) electrons. The number of thiazole rings is 1. The standard InChI is InChI=1S/C16H20FN3O2S2/c1-12-4-2-3-9-20(12)11-14-10-18-16(23-14)19-24(21,22)15-7-5-13(17)6-8-15/h5-8,10,12H,2-4,9,11H2,1H3,(H,18,19). The molecule has 24 heavy (non-hydrogen) atoms. The fourth-order valence-electron chi connectivity index (χ4n) is 2.81. The van der Waals surface area contributed by atoms with Gasteiger partial charge in [-0.3, -0.25) is 9.62 Å². The predicted molar refractivity (Wildman–Crippen MR) is 93.0 cm³/mol. The summed E-state index contributed by atoms with van der Waals surface area (Å²) in [5, 5.41) is 0.332. The van der Waals surface area contributed by atoms with E-state index in [1.54, 1.807) is 6.20 Å². The Hall–Kier alpha value is -1.51. The molecule has 1 aromatic carbocycles. The van der Waals surface area contributed by atoms with Crippen molar-refractivity contribution in [3.63, 3.8) is 0 Å². The van der Waals surface area contributed by atoms with E-state index in [2.05, 4.69) is 21.5 Å². The van der Waals surface area contributed by atoms with Crippen LogP contribution in [0.25, 0.3) is 0 Å². The molecule has 1 aromatic heterocycles. The van der Waals surface area contributed by atoms with Gasteiger partial charge in [-0.25, -0.2) is 17.8 Å². The van der Waals surface area contributed by atoms with Gasteiger partial charge in [0.15, 0.2) is 5.13 Å². The summed E-state index contributed by atoms with van der Waals surface area (Å²) in [5.74, 6) is -0.471. The van der Waals surface area contributed by atoms with Crippen LogP contribution < -0.4 is 4.72 Å². The molecule has 2 aromatic rings. The first-order valence-corrected chi connectivity index (χ1v) is 10.2. The third-order valence-electron chi connectivity index (χ3n) is 4.20. The molecule has 3 rings (SSSR count). The Morgan fingerprint density at radius 1 is 1.33 bits per heavy atom. The lowest BCUT2D eigenvalue weighted by Gasteiger charge is -2.32. The van der Waals surface area contributed by atoms with Gasteiger partial charge in [-0.15, -0.1) is 0 Å². The monoisotopic (exact) mass is 369 g/mol. The maximum absolute atomic E-state index is 12.9. The number of rotatable bonds is 5. The van der Waals surface area contributed by atoms with E-state index in [-0.39, 0.29) is 4.90 Å². The van der Waals surface area contributed by atoms with Crippen LogP contribution in [0.5, 0.6) is 0 Å². The largest absolute Gasteiger partial charge is 0.296 e. The van der Waals surface area contributed by atoms with Gasteiger partial charge >= 0.3 is 0 Å². The maximum Gasteiger partial charge on any atom is 0.263 e. The van der Waals surface area contributed by atoms with Gasteiger partial charge in [-0.1, -0.05) is 17.8 Å². The zero-order chi connectivity index (χ0) is 17.2. The summed E-state index contributed by atoms with van der Waals surface area (Å²) in [5.41, 5.74) is 0. The lowest BCUT2D eigenvalue weighted by Crippen LogP contribution is -2.36. The Morgan fingerprint density at radius 3 is 2.79 bits per heavy atom. The van der Waals surface area contributed by atoms with E-state index in [9.17, 15) is 12.8 Å². The Balaban J connectivity index is 1.68. The van der Waals surface area contributed by atoms with Crippen LogP contribution in [0.3, 0.4) is 0 Å². The van der Waals surface area contributed by atoms with Crippen molar-refractivity contribution in [3.8, 4) is 0 Å². The van der Waals surface area contributed by atoms with Crippen LogP contribution in [0.1, 0.15) is 31.1 Å². The lowest BCUT2D eigenvalue weighted by molar-refractivity contribution is 0.154. The highest BCUT2D eigenvalue weighted by Gasteiger charge is 2.20. The highest BCUT2D eigenvalue weighted by Crippen LogP contribution is 2.25. The second-order valence-electron chi connectivity index (χ2n) is 6.01. The number of hydrogen-bond donors (Lipinski definition) is 1. The molecule has 0 aliphatic carbocycles. The van der Waals surface area contributed by atoms with Crippen molar-refractivity contribution in [2.24, 2.45) is 0 Å². The van der Waals surface area contributed by atoms with Crippen LogP contribution in [0.15, 0.2) is 35.4 Å². The van der Waals surface area contributed by atoms with Crippen molar-refractivity contribution in [1.29, 1.82) is 0 Å². The summed E-state index contributed by atoms with van der Waals surface area (Å²) in [6.07, 6.45) is 5.38. The predicted octanol–water partition coefficient (Wildman–Crippen LogP) is 3.46. The number of piperidine rings is 1. The summed E-state index contributed by atoms with van der Waals surface area (Å²) in [7, 11) is -3.74. The molecule has 130 valence electrons. The molecule has 0 amide bonds. The number of hydrogen-bond acceptors (Lipinski definition) is 5. The van der Waals surface area contributed by atoms with Gasteiger partial charge in [0.2, 0.25) is 0 Å². The van der Waals surface area contributed by atoms with Crippen LogP contribution in [0.2, 0.25) is 0 Å². The fourth-order valence-corrected chi connectivity index (χ4v) is 4.89. The molecular formula is C16H20FN3O2S2.